The van der Waals surface area contributed by atoms with E-state index in [4.69, 9.17) is 336 Å². The van der Waals surface area contributed by atoms with Crippen molar-refractivity contribution < 1.29 is 9.90 Å². The van der Waals surface area contributed by atoms with Gasteiger partial charge in [-0.05, 0) is 0 Å². The van der Waals surface area contributed by atoms with E-state index in [1.165, 1.54) is 0 Å². The van der Waals surface area contributed by atoms with Gasteiger partial charge in [0.2, 0.25) is 12.5 Å². The molecule has 0 radical (unpaired) electrons. The van der Waals surface area contributed by atoms with E-state index < -0.39 is 66.1 Å². The highest BCUT2D eigenvalue weighted by Crippen LogP contribution is 2.77. The summed E-state index contributed by atoms with van der Waals surface area (Å²) in [6.07, 6.45) is 0. The molecule has 0 aromatic heterocycles. The molecule has 1 N–H and O–H groups in total. The van der Waals surface area contributed by atoms with Crippen LogP contribution in [-0.4, -0.2) is 71.2 Å². The molecule has 0 heterocycles. The van der Waals surface area contributed by atoms with E-state index in [0.717, 1.165) is 0 Å². The van der Waals surface area contributed by atoms with Crippen molar-refractivity contribution in [1.29, 1.82) is 0 Å². The van der Waals surface area contributed by atoms with Crippen LogP contribution in [0.25, 0.3) is 0 Å². The standard InChI is InChI=1S/C15HCl29O2/c16-2(17,1(45)46)3(18,19)4(20,21)5(22,23)6(24,25)7(26,27)8(28,29)9(30,31)10(32,33)11(34,35)12(36,37)13(38,39)14(40,41)15(42,43)44/h(H,45,46). The highest BCUT2D eigenvalue weighted by atomic mass is 35.6. The van der Waals surface area contributed by atoms with Gasteiger partial charge in [0, 0.05) is 0 Å². The van der Waals surface area contributed by atoms with Crippen molar-refractivity contribution in [1.82, 2.24) is 0 Å². The van der Waals surface area contributed by atoms with Crippen LogP contribution in [0.5, 0.6) is 0 Å². The van der Waals surface area contributed by atoms with E-state index in [1.54, 1.807) is 0 Å². The second-order valence-corrected chi connectivity index (χ2v) is 27.8. The van der Waals surface area contributed by atoms with Crippen molar-refractivity contribution >= 4 is 342 Å². The second kappa shape index (κ2) is 15.8. The van der Waals surface area contributed by atoms with Gasteiger partial charge in [-0.15, -0.1) is 0 Å². The summed E-state index contributed by atoms with van der Waals surface area (Å²) < 4.78 is -47.6. The number of hydrogen-bond donors (Lipinski definition) is 1. The minimum absolute atomic E-state index is 2.15. The minimum atomic E-state index is -3.60. The van der Waals surface area contributed by atoms with Crippen molar-refractivity contribution in [2.45, 2.75) is 60.1 Å². The molecule has 0 aromatic carbocycles. The van der Waals surface area contributed by atoms with Crippen LogP contribution in [0.2, 0.25) is 0 Å². The minimum Gasteiger partial charge on any atom is -0.479 e. The first-order chi connectivity index (χ1) is 19.2. The molecule has 31 heteroatoms. The lowest BCUT2D eigenvalue weighted by molar-refractivity contribution is -0.138. The zero-order valence-corrected chi connectivity index (χ0v) is 41.2. The van der Waals surface area contributed by atoms with Crippen LogP contribution in [0, 0.1) is 0 Å². The fourth-order valence-corrected chi connectivity index (χ4v) is 12.0. The van der Waals surface area contributed by atoms with Gasteiger partial charge in [0.25, 0.3) is 0 Å². The summed E-state index contributed by atoms with van der Waals surface area (Å²) in [5.41, 5.74) is 0. The zero-order chi connectivity index (χ0) is 38.6. The first-order valence-electron chi connectivity index (χ1n) is 9.41. The Kier molecular flexibility index (Phi) is 18.5. The van der Waals surface area contributed by atoms with Crippen molar-refractivity contribution in [3.8, 4) is 0 Å². The number of hydrogen-bond acceptors (Lipinski definition) is 1. The summed E-state index contributed by atoms with van der Waals surface area (Å²) in [7, 11) is 0. The second-order valence-electron chi connectivity index (χ2n) is 8.27. The van der Waals surface area contributed by atoms with E-state index in [9.17, 15) is 9.90 Å². The monoisotopic (exact) mass is 1230 g/mol. The third kappa shape index (κ3) is 7.84. The SMILES string of the molecule is O=C(O)C(Cl)(Cl)C(Cl)(Cl)C(Cl)(Cl)C(Cl)(Cl)C(Cl)(Cl)C(Cl)(Cl)C(Cl)(Cl)C(Cl)(Cl)C(Cl)(Cl)C(Cl)(Cl)C(Cl)(Cl)C(Cl)(Cl)C(Cl)(Cl)C(Cl)(Cl)Cl. The molecule has 0 amide bonds. The lowest BCUT2D eigenvalue weighted by Gasteiger charge is -2.58. The van der Waals surface area contributed by atoms with Crippen LogP contribution < -0.4 is 0 Å². The largest absolute Gasteiger partial charge is 0.479 e. The average Bonchev–Trinajstić information content (AvgIpc) is 2.81. The number of carboxylic acids is 1. The molecular weight excluding hydrogens is 1240 g/mol. The molecule has 0 fully saturated rings. The summed E-state index contributed by atoms with van der Waals surface area (Å²) in [5, 5.41) is 9.42. The molecule has 276 valence electrons. The molecular formula is C15HCl29O2. The van der Waals surface area contributed by atoms with Gasteiger partial charge in [0.1, 0.15) is 0 Å². The maximum Gasteiger partial charge on any atom is 0.343 e. The molecule has 2 nitrogen and oxygen atoms in total. The molecule has 0 atom stereocenters. The van der Waals surface area contributed by atoms with Crippen LogP contribution in [0.1, 0.15) is 0 Å². The van der Waals surface area contributed by atoms with E-state index in [0.29, 0.717) is 0 Å². The highest BCUT2D eigenvalue weighted by Gasteiger charge is 2.86. The van der Waals surface area contributed by atoms with E-state index in [1.807, 2.05) is 0 Å². The van der Waals surface area contributed by atoms with E-state index >= 15 is 0 Å². The highest BCUT2D eigenvalue weighted by molar-refractivity contribution is 6.85. The predicted octanol–water partition coefficient (Wildman–Crippen LogP) is 16.7. The average molecular weight is 1240 g/mol. The van der Waals surface area contributed by atoms with Crippen LogP contribution in [0.15, 0.2) is 0 Å². The van der Waals surface area contributed by atoms with Gasteiger partial charge in [0.05, 0.1) is 0 Å². The Bertz CT molecular complexity index is 1160. The lowest BCUT2D eigenvalue weighted by atomic mass is 9.97. The number of alkyl halides is 29. The Balaban J connectivity index is 7.59. The zero-order valence-electron chi connectivity index (χ0n) is 19.3. The Morgan fingerprint density at radius 2 is 0.391 bits per heavy atom. The summed E-state index contributed by atoms with van der Waals surface area (Å²) >= 11 is 180. The smallest absolute Gasteiger partial charge is 0.343 e. The summed E-state index contributed by atoms with van der Waals surface area (Å²) in [6.45, 7) is 0. The first-order valence-corrected chi connectivity index (χ1v) is 20.4. The molecule has 46 heavy (non-hydrogen) atoms. The Morgan fingerprint density at radius 1 is 0.261 bits per heavy atom. The van der Waals surface area contributed by atoms with Gasteiger partial charge in [-0.3, -0.25) is 0 Å². The molecule has 0 aliphatic rings. The van der Waals surface area contributed by atoms with Crippen molar-refractivity contribution in [3.63, 3.8) is 0 Å². The Labute approximate surface area is 406 Å². The van der Waals surface area contributed by atoms with Gasteiger partial charge in [-0.25, -0.2) is 4.79 Å². The third-order valence-corrected chi connectivity index (χ3v) is 25.9. The summed E-state index contributed by atoms with van der Waals surface area (Å²) in [4.78, 5) is 11.7. The van der Waals surface area contributed by atoms with Crippen LogP contribution in [0.4, 0.5) is 0 Å². The molecule has 0 saturated carbocycles. The van der Waals surface area contributed by atoms with Crippen LogP contribution >= 0.6 is 336 Å². The predicted molar refractivity (Wildman–Crippen MR) is 216 cm³/mol. The van der Waals surface area contributed by atoms with Crippen LogP contribution in [0.3, 0.4) is 0 Å². The number of carbonyl (C=O) groups is 1. The molecule has 0 aromatic rings. The van der Waals surface area contributed by atoms with Gasteiger partial charge < -0.3 is 5.11 Å². The number of rotatable bonds is 13. The maximum atomic E-state index is 11.7. The van der Waals surface area contributed by atoms with E-state index in [2.05, 4.69) is 0 Å². The number of carboxylic acid groups (broad SMARTS) is 1. The topological polar surface area (TPSA) is 37.3 Å². The van der Waals surface area contributed by atoms with Gasteiger partial charge in [-0.1, -0.05) is 336 Å². The summed E-state index contributed by atoms with van der Waals surface area (Å²) in [6, 6.07) is 0. The fourth-order valence-electron chi connectivity index (χ4n) is 2.48. The number of halogens is 29. The third-order valence-electron chi connectivity index (χ3n) is 5.36. The normalized spacial score (nSPS) is 17.0. The molecule has 0 rings (SSSR count). The quantitative estimate of drug-likeness (QED) is 0.187. The molecule has 0 aliphatic carbocycles. The Hall–Kier alpha value is 7.88. The molecule has 0 unspecified atom stereocenters. The Morgan fingerprint density at radius 3 is 0.522 bits per heavy atom. The molecule has 0 saturated heterocycles. The van der Waals surface area contributed by atoms with Gasteiger partial charge in [0.15, 0.2) is 47.7 Å². The van der Waals surface area contributed by atoms with E-state index in [-0.39, 0.29) is 0 Å². The van der Waals surface area contributed by atoms with Crippen molar-refractivity contribution in [3.05, 3.63) is 0 Å². The molecule has 0 bridgehead atoms. The first kappa shape index (κ1) is 53.9. The fraction of sp³-hybridized carbons (Fsp3) is 0.933. The van der Waals surface area contributed by atoms with Gasteiger partial charge in [-0.2, -0.15) is 0 Å². The van der Waals surface area contributed by atoms with Crippen LogP contribution in [-0.2, 0) is 4.79 Å². The lowest BCUT2D eigenvalue weighted by Crippen LogP contribution is -2.75. The molecule has 0 aliphatic heterocycles. The van der Waals surface area contributed by atoms with Gasteiger partial charge >= 0.3 is 5.97 Å². The molecule has 0 spiro atoms. The number of aliphatic carboxylic acids is 1. The summed E-state index contributed by atoms with van der Waals surface area (Å²) in [5.74, 6) is -2.15. The maximum absolute atomic E-state index is 11.7. The van der Waals surface area contributed by atoms with Crippen molar-refractivity contribution in [2.75, 3.05) is 0 Å². The van der Waals surface area contributed by atoms with Crippen molar-refractivity contribution in [2.24, 2.45) is 0 Å².